The first-order chi connectivity index (χ1) is 9.56. The molecule has 0 saturated carbocycles. The number of carboxylic acids is 2. The fourth-order valence-corrected chi connectivity index (χ4v) is 1.62. The van der Waals surface area contributed by atoms with Crippen molar-refractivity contribution in [3.05, 3.63) is 12.7 Å². The van der Waals surface area contributed by atoms with Crippen LogP contribution in [0.1, 0.15) is 40.0 Å². The van der Waals surface area contributed by atoms with Crippen LogP contribution < -0.4 is 5.32 Å². The van der Waals surface area contributed by atoms with E-state index in [1.807, 2.05) is 0 Å². The topological polar surface area (TPSA) is 113 Å². The van der Waals surface area contributed by atoms with Crippen LogP contribution in [0, 0.1) is 5.92 Å². The van der Waals surface area contributed by atoms with Crippen molar-refractivity contribution in [2.45, 2.75) is 51.7 Å². The Balaban J connectivity index is 4.56. The summed E-state index contributed by atoms with van der Waals surface area (Å²) in [5, 5.41) is 20.3. The highest BCUT2D eigenvalue weighted by atomic mass is 16.6. The van der Waals surface area contributed by atoms with E-state index < -0.39 is 35.6 Å². The molecule has 3 N–H and O–H groups in total. The lowest BCUT2D eigenvalue weighted by atomic mass is 9.97. The minimum Gasteiger partial charge on any atom is -0.481 e. The van der Waals surface area contributed by atoms with Crippen LogP contribution in [0.4, 0.5) is 4.79 Å². The van der Waals surface area contributed by atoms with E-state index in [1.165, 1.54) is 6.08 Å². The molecule has 0 bridgehead atoms. The van der Waals surface area contributed by atoms with Gasteiger partial charge in [-0.05, 0) is 40.0 Å². The molecule has 21 heavy (non-hydrogen) atoms. The van der Waals surface area contributed by atoms with Crippen LogP contribution in [0.3, 0.4) is 0 Å². The molecule has 0 aliphatic heterocycles. The van der Waals surface area contributed by atoms with Gasteiger partial charge < -0.3 is 20.3 Å². The minimum absolute atomic E-state index is 0.000612. The molecule has 2 atom stereocenters. The van der Waals surface area contributed by atoms with Crippen LogP contribution in [-0.4, -0.2) is 39.9 Å². The first-order valence-corrected chi connectivity index (χ1v) is 6.63. The van der Waals surface area contributed by atoms with Crippen LogP contribution in [-0.2, 0) is 14.3 Å². The van der Waals surface area contributed by atoms with Crippen molar-refractivity contribution in [1.82, 2.24) is 5.32 Å². The molecule has 0 aromatic carbocycles. The van der Waals surface area contributed by atoms with E-state index in [9.17, 15) is 14.4 Å². The van der Waals surface area contributed by atoms with Crippen molar-refractivity contribution in [3.63, 3.8) is 0 Å². The van der Waals surface area contributed by atoms with E-state index in [0.717, 1.165) is 0 Å². The molecule has 0 rings (SSSR count). The summed E-state index contributed by atoms with van der Waals surface area (Å²) in [5.41, 5.74) is -0.737. The number of rotatable bonds is 8. The predicted molar refractivity (Wildman–Crippen MR) is 76.0 cm³/mol. The Kier molecular flexibility index (Phi) is 7.48. The van der Waals surface area contributed by atoms with Crippen molar-refractivity contribution in [2.24, 2.45) is 5.92 Å². The third-order valence-corrected chi connectivity index (χ3v) is 2.59. The molecule has 0 fully saturated rings. The molecule has 0 spiro atoms. The van der Waals surface area contributed by atoms with Crippen molar-refractivity contribution < 1.29 is 29.3 Å². The summed E-state index contributed by atoms with van der Waals surface area (Å²) >= 11 is 0. The maximum atomic E-state index is 11.5. The molecule has 1 amide bonds. The first-order valence-electron chi connectivity index (χ1n) is 6.63. The predicted octanol–water partition coefficient (Wildman–Crippen LogP) is 2.02. The van der Waals surface area contributed by atoms with Crippen LogP contribution in [0.25, 0.3) is 0 Å². The number of alkyl carbamates (subject to hydrolysis) is 1. The monoisotopic (exact) mass is 301 g/mol. The second kappa shape index (κ2) is 8.28. The van der Waals surface area contributed by atoms with Crippen molar-refractivity contribution in [2.75, 3.05) is 0 Å². The molecule has 7 nitrogen and oxygen atoms in total. The molecule has 120 valence electrons. The lowest BCUT2D eigenvalue weighted by Gasteiger charge is -2.22. The summed E-state index contributed by atoms with van der Waals surface area (Å²) < 4.78 is 4.97. The average Bonchev–Trinajstić information content (AvgIpc) is 2.29. The molecule has 0 saturated heterocycles. The molecular weight excluding hydrogens is 278 g/mol. The maximum absolute atomic E-state index is 11.5. The number of ether oxygens (including phenoxy) is 1. The molecule has 0 heterocycles. The maximum Gasteiger partial charge on any atom is 0.408 e. The summed E-state index contributed by atoms with van der Waals surface area (Å²) in [7, 11) is 0. The number of hydrogen-bond acceptors (Lipinski definition) is 4. The SMILES string of the molecule is C=CCC(CCC(NC(=O)OC(C)(C)C)C(=O)O)C(=O)O. The van der Waals surface area contributed by atoms with Crippen molar-refractivity contribution in [1.29, 1.82) is 0 Å². The molecule has 0 aliphatic rings. The Hall–Kier alpha value is -2.05. The normalized spacial score (nSPS) is 13.9. The Labute approximate surface area is 124 Å². The van der Waals surface area contributed by atoms with Gasteiger partial charge in [0, 0.05) is 0 Å². The smallest absolute Gasteiger partial charge is 0.408 e. The van der Waals surface area contributed by atoms with E-state index in [1.54, 1.807) is 20.8 Å². The Bertz CT molecular complexity index is 399. The zero-order valence-electron chi connectivity index (χ0n) is 12.6. The number of nitrogens with one attached hydrogen (secondary N) is 1. The first kappa shape index (κ1) is 18.9. The Morgan fingerprint density at radius 2 is 1.76 bits per heavy atom. The summed E-state index contributed by atoms with van der Waals surface area (Å²) in [6.07, 6.45) is 0.989. The van der Waals surface area contributed by atoms with E-state index >= 15 is 0 Å². The fraction of sp³-hybridized carbons (Fsp3) is 0.643. The number of carboxylic acid groups (broad SMARTS) is 2. The molecule has 0 aromatic rings. The zero-order chi connectivity index (χ0) is 16.6. The van der Waals surface area contributed by atoms with Gasteiger partial charge in [0.2, 0.25) is 0 Å². The highest BCUT2D eigenvalue weighted by Crippen LogP contribution is 2.15. The highest BCUT2D eigenvalue weighted by molar-refractivity contribution is 5.80. The van der Waals surface area contributed by atoms with Gasteiger partial charge in [-0.3, -0.25) is 4.79 Å². The number of carbonyl (C=O) groups is 3. The van der Waals surface area contributed by atoms with Crippen LogP contribution in [0.2, 0.25) is 0 Å². The van der Waals surface area contributed by atoms with Gasteiger partial charge in [-0.25, -0.2) is 9.59 Å². The summed E-state index contributed by atoms with van der Waals surface area (Å²) in [6.45, 7) is 8.44. The average molecular weight is 301 g/mol. The zero-order valence-corrected chi connectivity index (χ0v) is 12.6. The number of carbonyl (C=O) groups excluding carboxylic acids is 1. The lowest BCUT2D eigenvalue weighted by molar-refractivity contribution is -0.143. The van der Waals surface area contributed by atoms with Crippen molar-refractivity contribution in [3.8, 4) is 0 Å². The fourth-order valence-electron chi connectivity index (χ4n) is 1.62. The molecule has 0 aromatic heterocycles. The molecule has 0 aliphatic carbocycles. The van der Waals surface area contributed by atoms with E-state index in [4.69, 9.17) is 14.9 Å². The lowest BCUT2D eigenvalue weighted by Crippen LogP contribution is -2.43. The highest BCUT2D eigenvalue weighted by Gasteiger charge is 2.26. The summed E-state index contributed by atoms with van der Waals surface area (Å²) in [6, 6.07) is -1.19. The molecular formula is C14H23NO6. The largest absolute Gasteiger partial charge is 0.481 e. The number of amides is 1. The summed E-state index contributed by atoms with van der Waals surface area (Å²) in [4.78, 5) is 33.6. The molecule has 7 heteroatoms. The van der Waals surface area contributed by atoms with Crippen molar-refractivity contribution >= 4 is 18.0 Å². The standard InChI is InChI=1S/C14H23NO6/c1-5-6-9(11(16)17)7-8-10(12(18)19)15-13(20)21-14(2,3)4/h5,9-10H,1,6-8H2,2-4H3,(H,15,20)(H,16,17)(H,18,19). The molecule has 2 unspecified atom stereocenters. The van der Waals surface area contributed by atoms with Gasteiger partial charge in [0.05, 0.1) is 5.92 Å². The third-order valence-electron chi connectivity index (χ3n) is 2.59. The van der Waals surface area contributed by atoms with Gasteiger partial charge in [-0.2, -0.15) is 0 Å². The summed E-state index contributed by atoms with van der Waals surface area (Å²) in [5.74, 6) is -2.97. The molecule has 0 radical (unpaired) electrons. The Morgan fingerprint density at radius 3 is 2.14 bits per heavy atom. The second-order valence-electron chi connectivity index (χ2n) is 5.67. The number of aliphatic carboxylic acids is 2. The van der Waals surface area contributed by atoms with Gasteiger partial charge in [0.1, 0.15) is 11.6 Å². The van der Waals surface area contributed by atoms with Crippen LogP contribution in [0.15, 0.2) is 12.7 Å². The number of hydrogen-bond donors (Lipinski definition) is 3. The quantitative estimate of drug-likeness (QED) is 0.591. The van der Waals surface area contributed by atoms with E-state index in [0.29, 0.717) is 0 Å². The van der Waals surface area contributed by atoms with Gasteiger partial charge in [0.15, 0.2) is 0 Å². The third kappa shape index (κ3) is 8.67. The van der Waals surface area contributed by atoms with Gasteiger partial charge >= 0.3 is 18.0 Å². The second-order valence-corrected chi connectivity index (χ2v) is 5.67. The number of allylic oxidation sites excluding steroid dienone is 1. The van der Waals surface area contributed by atoms with Gasteiger partial charge in [-0.15, -0.1) is 6.58 Å². The van der Waals surface area contributed by atoms with Gasteiger partial charge in [-0.1, -0.05) is 6.08 Å². The minimum atomic E-state index is -1.23. The van der Waals surface area contributed by atoms with Crippen LogP contribution >= 0.6 is 0 Å². The van der Waals surface area contributed by atoms with E-state index in [-0.39, 0.29) is 19.3 Å². The van der Waals surface area contributed by atoms with E-state index in [2.05, 4.69) is 11.9 Å². The van der Waals surface area contributed by atoms with Crippen LogP contribution in [0.5, 0.6) is 0 Å². The Morgan fingerprint density at radius 1 is 1.19 bits per heavy atom. The van der Waals surface area contributed by atoms with Gasteiger partial charge in [0.25, 0.3) is 0 Å².